The van der Waals surface area contributed by atoms with Crippen molar-refractivity contribution in [3.63, 3.8) is 0 Å². The Bertz CT molecular complexity index is 655. The summed E-state index contributed by atoms with van der Waals surface area (Å²) in [6.07, 6.45) is 14.2. The van der Waals surface area contributed by atoms with E-state index in [1.54, 1.807) is 0 Å². The van der Waals surface area contributed by atoms with Gasteiger partial charge in [-0.2, -0.15) is 0 Å². The molecule has 118 valence electrons. The first kappa shape index (κ1) is 15.8. The second kappa shape index (κ2) is 7.00. The predicted molar refractivity (Wildman–Crippen MR) is 101 cm³/mol. The number of unbranched alkanes of at least 4 members (excludes halogenated alkanes) is 2. The minimum atomic E-state index is -0.0997. The van der Waals surface area contributed by atoms with Crippen LogP contribution in [0.15, 0.2) is 72.8 Å². The lowest BCUT2D eigenvalue weighted by atomic mass is 9.77. The van der Waals surface area contributed by atoms with Crippen LogP contribution in [0, 0.1) is 0 Å². The van der Waals surface area contributed by atoms with Gasteiger partial charge in [-0.1, -0.05) is 99.5 Å². The zero-order valence-electron chi connectivity index (χ0n) is 14.3. The zero-order valence-corrected chi connectivity index (χ0v) is 14.3. The van der Waals surface area contributed by atoms with E-state index >= 15 is 0 Å². The topological polar surface area (TPSA) is 0 Å². The summed E-state index contributed by atoms with van der Waals surface area (Å²) in [6.45, 7) is 4.47. The van der Waals surface area contributed by atoms with Crippen LogP contribution in [0.5, 0.6) is 0 Å². The molecule has 3 rings (SSSR count). The van der Waals surface area contributed by atoms with Gasteiger partial charge in [-0.3, -0.25) is 0 Å². The molecule has 0 aliphatic heterocycles. The lowest BCUT2D eigenvalue weighted by molar-refractivity contribution is 0.818. The van der Waals surface area contributed by atoms with Crippen LogP contribution >= 0.6 is 0 Å². The Morgan fingerprint density at radius 2 is 1.13 bits per heavy atom. The smallest absolute Gasteiger partial charge is 0.0574 e. The van der Waals surface area contributed by atoms with Gasteiger partial charge in [-0.15, -0.1) is 0 Å². The van der Waals surface area contributed by atoms with Gasteiger partial charge in [0.1, 0.15) is 0 Å². The molecule has 1 aliphatic rings. The zero-order chi connectivity index (χ0) is 16.1. The molecule has 0 amide bonds. The Morgan fingerprint density at radius 3 is 1.57 bits per heavy atom. The van der Waals surface area contributed by atoms with Gasteiger partial charge >= 0.3 is 0 Å². The summed E-state index contributed by atoms with van der Waals surface area (Å²) in [4.78, 5) is 0. The Balaban J connectivity index is 2.20. The van der Waals surface area contributed by atoms with Gasteiger partial charge in [0.2, 0.25) is 0 Å². The van der Waals surface area contributed by atoms with E-state index in [0.717, 1.165) is 12.8 Å². The van der Waals surface area contributed by atoms with Gasteiger partial charge in [0.25, 0.3) is 0 Å². The molecule has 0 saturated carbocycles. The van der Waals surface area contributed by atoms with E-state index in [4.69, 9.17) is 0 Å². The number of benzene rings is 2. The van der Waals surface area contributed by atoms with Crippen LogP contribution < -0.4 is 0 Å². The first-order valence-electron chi connectivity index (χ1n) is 8.88. The maximum atomic E-state index is 2.42. The molecule has 0 unspecified atom stereocenters. The number of rotatable bonds is 6. The largest absolute Gasteiger partial charge is 0.0870 e. The van der Waals surface area contributed by atoms with Crippen molar-refractivity contribution in [1.82, 2.24) is 0 Å². The maximum absolute atomic E-state index is 2.42. The minimum Gasteiger partial charge on any atom is -0.0870 e. The van der Waals surface area contributed by atoms with E-state index in [9.17, 15) is 0 Å². The second-order valence-electron chi connectivity index (χ2n) is 6.34. The normalized spacial score (nSPS) is 15.2. The molecule has 0 spiro atoms. The van der Waals surface area contributed by atoms with Gasteiger partial charge < -0.3 is 0 Å². The summed E-state index contributed by atoms with van der Waals surface area (Å²) in [5.74, 6) is 0. The molecule has 0 heteroatoms. The molecule has 0 aromatic heterocycles. The molecule has 2 aromatic carbocycles. The molecule has 0 N–H and O–H groups in total. The van der Waals surface area contributed by atoms with Gasteiger partial charge in [-0.25, -0.2) is 0 Å². The van der Waals surface area contributed by atoms with Crippen molar-refractivity contribution in [2.24, 2.45) is 0 Å². The number of hydrogen-bond acceptors (Lipinski definition) is 0. The van der Waals surface area contributed by atoms with Crippen LogP contribution in [0.1, 0.15) is 50.7 Å². The van der Waals surface area contributed by atoms with Crippen LogP contribution in [-0.4, -0.2) is 0 Å². The third-order valence-electron chi connectivity index (χ3n) is 4.71. The highest BCUT2D eigenvalue weighted by atomic mass is 14.4. The van der Waals surface area contributed by atoms with Crippen molar-refractivity contribution in [3.05, 3.63) is 84.0 Å². The van der Waals surface area contributed by atoms with Gasteiger partial charge in [-0.05, 0) is 35.1 Å². The van der Waals surface area contributed by atoms with E-state index in [1.807, 2.05) is 0 Å². The Labute approximate surface area is 140 Å². The van der Waals surface area contributed by atoms with E-state index in [-0.39, 0.29) is 5.41 Å². The molecule has 0 bridgehead atoms. The molecule has 0 atom stereocenters. The Kier molecular flexibility index (Phi) is 4.81. The molecule has 0 heterocycles. The minimum absolute atomic E-state index is 0.0997. The fourth-order valence-corrected chi connectivity index (χ4v) is 3.59. The van der Waals surface area contributed by atoms with Crippen molar-refractivity contribution in [3.8, 4) is 11.1 Å². The number of allylic oxidation sites excluding steroid dienone is 4. The summed E-state index contributed by atoms with van der Waals surface area (Å²) in [7, 11) is 0. The first-order valence-corrected chi connectivity index (χ1v) is 8.88. The van der Waals surface area contributed by atoms with E-state index in [1.165, 1.54) is 35.1 Å². The highest BCUT2D eigenvalue weighted by molar-refractivity contribution is 5.83. The summed E-state index contributed by atoms with van der Waals surface area (Å²) < 4.78 is 0. The van der Waals surface area contributed by atoms with Crippen molar-refractivity contribution in [2.45, 2.75) is 44.9 Å². The van der Waals surface area contributed by atoms with Crippen molar-refractivity contribution < 1.29 is 0 Å². The highest BCUT2D eigenvalue weighted by Crippen LogP contribution is 2.50. The highest BCUT2D eigenvalue weighted by Gasteiger charge is 2.38. The molecule has 0 nitrogen and oxygen atoms in total. The maximum Gasteiger partial charge on any atom is 0.0574 e. The molecular weight excluding hydrogens is 276 g/mol. The second-order valence-corrected chi connectivity index (χ2v) is 6.34. The summed E-state index contributed by atoms with van der Waals surface area (Å²) in [6, 6.07) is 17.7. The molecule has 0 radical (unpaired) electrons. The first-order chi connectivity index (χ1) is 11.3. The summed E-state index contributed by atoms with van der Waals surface area (Å²) >= 11 is 0. The van der Waals surface area contributed by atoms with Crippen LogP contribution in [0.3, 0.4) is 0 Å². The SMILES string of the molecule is CCCC=CC1(C=CCCC)c2ccccc2-c2ccccc21. The predicted octanol–water partition coefficient (Wildman–Crippen LogP) is 6.67. The average molecular weight is 302 g/mol. The Hall–Kier alpha value is -2.08. The quantitative estimate of drug-likeness (QED) is 0.523. The Morgan fingerprint density at radius 1 is 0.696 bits per heavy atom. The van der Waals surface area contributed by atoms with Crippen molar-refractivity contribution in [2.75, 3.05) is 0 Å². The number of fused-ring (bicyclic) bond motifs is 3. The lowest BCUT2D eigenvalue weighted by Crippen LogP contribution is -2.19. The van der Waals surface area contributed by atoms with Crippen molar-refractivity contribution in [1.29, 1.82) is 0 Å². The monoisotopic (exact) mass is 302 g/mol. The summed E-state index contributed by atoms with van der Waals surface area (Å²) in [5.41, 5.74) is 5.50. The fraction of sp³-hybridized carbons (Fsp3) is 0.304. The third-order valence-corrected chi connectivity index (χ3v) is 4.71. The van der Waals surface area contributed by atoms with Crippen LogP contribution in [0.25, 0.3) is 11.1 Å². The molecule has 1 aliphatic carbocycles. The van der Waals surface area contributed by atoms with Gasteiger partial charge in [0, 0.05) is 0 Å². The van der Waals surface area contributed by atoms with Crippen LogP contribution in [0.4, 0.5) is 0 Å². The molecule has 0 saturated heterocycles. The molecule has 0 fully saturated rings. The molecule has 2 aromatic rings. The molecular formula is C23H26. The van der Waals surface area contributed by atoms with E-state index < -0.39 is 0 Å². The van der Waals surface area contributed by atoms with Gasteiger partial charge in [0.05, 0.1) is 5.41 Å². The molecule has 23 heavy (non-hydrogen) atoms. The number of hydrogen-bond donors (Lipinski definition) is 0. The summed E-state index contributed by atoms with van der Waals surface area (Å²) in [5, 5.41) is 0. The van der Waals surface area contributed by atoms with Crippen LogP contribution in [0.2, 0.25) is 0 Å². The van der Waals surface area contributed by atoms with Crippen molar-refractivity contribution >= 4 is 0 Å². The standard InChI is InChI=1S/C23H26/c1-3-5-11-17-23(18-12-6-4-2)21-15-9-7-13-19(21)20-14-8-10-16-22(20)23/h7-18H,3-6H2,1-2H3. The van der Waals surface area contributed by atoms with E-state index in [2.05, 4.69) is 86.7 Å². The van der Waals surface area contributed by atoms with Crippen LogP contribution in [-0.2, 0) is 5.41 Å². The van der Waals surface area contributed by atoms with Gasteiger partial charge in [0.15, 0.2) is 0 Å². The third kappa shape index (κ3) is 2.79. The lowest BCUT2D eigenvalue weighted by Gasteiger charge is -2.25. The average Bonchev–Trinajstić information content (AvgIpc) is 2.87. The van der Waals surface area contributed by atoms with E-state index in [0.29, 0.717) is 0 Å². The fourth-order valence-electron chi connectivity index (χ4n) is 3.59.